The Morgan fingerprint density at radius 1 is 1.23 bits per heavy atom. The Morgan fingerprint density at radius 2 is 1.92 bits per heavy atom. The molecule has 0 unspecified atom stereocenters. The Hall–Kier alpha value is -2.05. The Labute approximate surface area is 154 Å². The Bertz CT molecular complexity index is 585. The van der Waals surface area contributed by atoms with E-state index in [9.17, 15) is 19.5 Å². The first-order chi connectivity index (χ1) is 12.1. The first-order valence-electron chi connectivity index (χ1n) is 9.18. The van der Waals surface area contributed by atoms with E-state index in [0.717, 1.165) is 12.8 Å². The van der Waals surface area contributed by atoms with Crippen LogP contribution in [0.25, 0.3) is 0 Å². The molecule has 0 aliphatic heterocycles. The van der Waals surface area contributed by atoms with Gasteiger partial charge in [0.25, 0.3) is 6.29 Å². The van der Waals surface area contributed by atoms with E-state index >= 15 is 0 Å². The summed E-state index contributed by atoms with van der Waals surface area (Å²) in [5.41, 5.74) is -0.468. The minimum Gasteiger partial charge on any atom is -0.481 e. The number of carboxylic acids is 1. The van der Waals surface area contributed by atoms with Crippen molar-refractivity contribution in [1.29, 1.82) is 0 Å². The minimum atomic E-state index is -0.971. The highest BCUT2D eigenvalue weighted by molar-refractivity contribution is 5.72. The molecule has 0 aromatic rings. The van der Waals surface area contributed by atoms with Gasteiger partial charge in [0.05, 0.1) is 12.3 Å². The standard InChI is InChI=1S/C19H29NO6/c1-11(2)16(23)25-17(12(3)4)26-18(24)20-10-19(9-15(21)22)8-13-6-5-7-14(13)19/h5,7,11-14,17H,6,8-10H2,1-4H3,(H,20,24)(H,21,22)/t13-,14-,17-,19-/m0/s1. The molecule has 0 aromatic heterocycles. The summed E-state index contributed by atoms with van der Waals surface area (Å²) in [7, 11) is 0. The third-order valence-corrected chi connectivity index (χ3v) is 5.23. The van der Waals surface area contributed by atoms with Crippen molar-refractivity contribution < 1.29 is 29.0 Å². The zero-order valence-corrected chi connectivity index (χ0v) is 15.9. The number of hydrogen-bond acceptors (Lipinski definition) is 5. The number of hydrogen-bond donors (Lipinski definition) is 2. The molecular formula is C19H29NO6. The maximum atomic E-state index is 12.2. The lowest BCUT2D eigenvalue weighted by atomic mass is 9.53. The predicted octanol–water partition coefficient (Wildman–Crippen LogP) is 2.95. The van der Waals surface area contributed by atoms with Gasteiger partial charge in [0.1, 0.15) is 0 Å². The average Bonchev–Trinajstić information content (AvgIpc) is 2.92. The number of fused-ring (bicyclic) bond motifs is 1. The highest BCUT2D eigenvalue weighted by atomic mass is 16.7. The van der Waals surface area contributed by atoms with Crippen LogP contribution < -0.4 is 5.32 Å². The van der Waals surface area contributed by atoms with Gasteiger partial charge >= 0.3 is 18.0 Å². The van der Waals surface area contributed by atoms with E-state index < -0.39 is 29.7 Å². The van der Waals surface area contributed by atoms with Crippen molar-refractivity contribution >= 4 is 18.0 Å². The second-order valence-corrected chi connectivity index (χ2v) is 8.05. The van der Waals surface area contributed by atoms with Gasteiger partial charge < -0.3 is 19.9 Å². The number of amides is 1. The molecule has 0 spiro atoms. The molecule has 2 N–H and O–H groups in total. The van der Waals surface area contributed by atoms with Crippen molar-refractivity contribution in [2.24, 2.45) is 29.1 Å². The highest BCUT2D eigenvalue weighted by Gasteiger charge is 2.54. The Kier molecular flexibility index (Phi) is 6.31. The number of ether oxygens (including phenoxy) is 2. The molecule has 1 amide bonds. The monoisotopic (exact) mass is 367 g/mol. The van der Waals surface area contributed by atoms with Gasteiger partial charge in [-0.2, -0.15) is 0 Å². The van der Waals surface area contributed by atoms with Gasteiger partial charge in [-0.05, 0) is 24.7 Å². The van der Waals surface area contributed by atoms with E-state index in [-0.39, 0.29) is 30.7 Å². The largest absolute Gasteiger partial charge is 0.481 e. The number of esters is 1. The molecule has 146 valence electrons. The maximum Gasteiger partial charge on any atom is 0.410 e. The summed E-state index contributed by atoms with van der Waals surface area (Å²) in [4.78, 5) is 35.2. The number of allylic oxidation sites excluding steroid dienone is 2. The second-order valence-electron chi connectivity index (χ2n) is 8.05. The molecule has 2 aliphatic rings. The molecule has 7 heteroatoms. The van der Waals surface area contributed by atoms with Gasteiger partial charge in [-0.3, -0.25) is 9.59 Å². The fourth-order valence-electron chi connectivity index (χ4n) is 3.80. The lowest BCUT2D eigenvalue weighted by Crippen LogP contribution is -2.53. The third-order valence-electron chi connectivity index (χ3n) is 5.23. The smallest absolute Gasteiger partial charge is 0.410 e. The molecule has 1 saturated carbocycles. The van der Waals surface area contributed by atoms with Gasteiger partial charge in [0.15, 0.2) is 0 Å². The van der Waals surface area contributed by atoms with Crippen LogP contribution in [0, 0.1) is 29.1 Å². The summed E-state index contributed by atoms with van der Waals surface area (Å²) in [6.07, 6.45) is 4.22. The van der Waals surface area contributed by atoms with Crippen LogP contribution in [-0.4, -0.2) is 36.0 Å². The molecule has 0 saturated heterocycles. The van der Waals surface area contributed by atoms with Crippen LogP contribution in [0.1, 0.15) is 47.0 Å². The minimum absolute atomic E-state index is 0.00866. The van der Waals surface area contributed by atoms with E-state index in [2.05, 4.69) is 17.5 Å². The molecule has 2 aliphatic carbocycles. The fraction of sp³-hybridized carbons (Fsp3) is 0.737. The summed E-state index contributed by atoms with van der Waals surface area (Å²) in [6.45, 7) is 7.22. The molecule has 4 atom stereocenters. The summed E-state index contributed by atoms with van der Waals surface area (Å²) in [5.74, 6) is -1.16. The number of aliphatic carboxylic acids is 1. The molecule has 0 bridgehead atoms. The van der Waals surface area contributed by atoms with Gasteiger partial charge in [-0.1, -0.05) is 39.8 Å². The van der Waals surface area contributed by atoms with Crippen LogP contribution in [0.4, 0.5) is 4.79 Å². The molecule has 1 fully saturated rings. The third kappa shape index (κ3) is 4.56. The van der Waals surface area contributed by atoms with Gasteiger partial charge in [0.2, 0.25) is 0 Å². The number of carboxylic acid groups (broad SMARTS) is 1. The molecule has 7 nitrogen and oxygen atoms in total. The zero-order valence-electron chi connectivity index (χ0n) is 15.9. The fourth-order valence-corrected chi connectivity index (χ4v) is 3.80. The van der Waals surface area contributed by atoms with E-state index in [1.165, 1.54) is 0 Å². The summed E-state index contributed by atoms with van der Waals surface area (Å²) < 4.78 is 10.5. The lowest BCUT2D eigenvalue weighted by Gasteiger charge is -2.51. The first kappa shape index (κ1) is 20.3. The van der Waals surface area contributed by atoms with Crippen LogP contribution in [-0.2, 0) is 19.1 Å². The molecule has 2 rings (SSSR count). The van der Waals surface area contributed by atoms with Crippen molar-refractivity contribution in [3.05, 3.63) is 12.2 Å². The highest BCUT2D eigenvalue weighted by Crippen LogP contribution is 2.57. The summed E-state index contributed by atoms with van der Waals surface area (Å²) in [6, 6.07) is 0. The Balaban J connectivity index is 1.92. The molecule has 26 heavy (non-hydrogen) atoms. The van der Waals surface area contributed by atoms with E-state index in [1.54, 1.807) is 27.7 Å². The van der Waals surface area contributed by atoms with Crippen molar-refractivity contribution in [3.8, 4) is 0 Å². The summed E-state index contributed by atoms with van der Waals surface area (Å²) in [5, 5.41) is 11.9. The number of alkyl carbamates (subject to hydrolysis) is 1. The molecular weight excluding hydrogens is 338 g/mol. The zero-order chi connectivity index (χ0) is 19.5. The van der Waals surface area contributed by atoms with Crippen LogP contribution >= 0.6 is 0 Å². The first-order valence-corrected chi connectivity index (χ1v) is 9.18. The van der Waals surface area contributed by atoms with Crippen molar-refractivity contribution in [3.63, 3.8) is 0 Å². The van der Waals surface area contributed by atoms with Crippen LogP contribution in [0.5, 0.6) is 0 Å². The van der Waals surface area contributed by atoms with Crippen molar-refractivity contribution in [1.82, 2.24) is 5.32 Å². The normalized spacial score (nSPS) is 27.6. The number of nitrogens with one attached hydrogen (secondary N) is 1. The van der Waals surface area contributed by atoms with Crippen LogP contribution in [0.2, 0.25) is 0 Å². The second kappa shape index (κ2) is 8.10. The number of rotatable bonds is 8. The SMILES string of the molecule is CC(C)C(=O)O[C@@H](OC(=O)NC[C@@]1(CC(=O)O)C[C@@H]2CC=C[C@@H]21)C(C)C. The topological polar surface area (TPSA) is 102 Å². The van der Waals surface area contributed by atoms with Gasteiger partial charge in [-0.15, -0.1) is 0 Å². The van der Waals surface area contributed by atoms with Crippen molar-refractivity contribution in [2.75, 3.05) is 6.54 Å². The Morgan fingerprint density at radius 3 is 2.46 bits per heavy atom. The lowest BCUT2D eigenvalue weighted by molar-refractivity contribution is -0.179. The predicted molar refractivity (Wildman–Crippen MR) is 94.1 cm³/mol. The van der Waals surface area contributed by atoms with E-state index in [1.807, 2.05) is 0 Å². The van der Waals surface area contributed by atoms with Crippen LogP contribution in [0.3, 0.4) is 0 Å². The van der Waals surface area contributed by atoms with E-state index in [4.69, 9.17) is 9.47 Å². The quantitative estimate of drug-likeness (QED) is 0.388. The van der Waals surface area contributed by atoms with Crippen molar-refractivity contribution in [2.45, 2.75) is 53.2 Å². The average molecular weight is 367 g/mol. The summed E-state index contributed by atoms with van der Waals surface area (Å²) >= 11 is 0. The molecule has 0 aromatic carbocycles. The van der Waals surface area contributed by atoms with Gasteiger partial charge in [0, 0.05) is 17.9 Å². The van der Waals surface area contributed by atoms with Gasteiger partial charge in [-0.25, -0.2) is 4.79 Å². The van der Waals surface area contributed by atoms with Crippen LogP contribution in [0.15, 0.2) is 12.2 Å². The van der Waals surface area contributed by atoms with E-state index in [0.29, 0.717) is 5.92 Å². The number of carbonyl (C=O) groups is 3. The molecule has 0 heterocycles. The molecule has 0 radical (unpaired) electrons. The maximum absolute atomic E-state index is 12.2. The number of carbonyl (C=O) groups excluding carboxylic acids is 2.